The summed E-state index contributed by atoms with van der Waals surface area (Å²) in [5, 5.41) is 2.23. The molecular formula is C17H14FNOS. The molecule has 1 N–H and O–H groups in total. The van der Waals surface area contributed by atoms with Gasteiger partial charge in [-0.15, -0.1) is 11.8 Å². The predicted octanol–water partition coefficient (Wildman–Crippen LogP) is 4.67. The molecule has 0 saturated heterocycles. The number of fused-ring (bicyclic) bond motifs is 1. The number of aromatic amines is 1. The lowest BCUT2D eigenvalue weighted by molar-refractivity contribution is 0.0989. The SMILES string of the molecule is O=C(CCSc1cc2ccccc2[nH]1)c1ccc(F)cc1. The van der Waals surface area contributed by atoms with Gasteiger partial charge >= 0.3 is 0 Å². The topological polar surface area (TPSA) is 32.9 Å². The van der Waals surface area contributed by atoms with E-state index in [2.05, 4.69) is 17.1 Å². The van der Waals surface area contributed by atoms with E-state index in [-0.39, 0.29) is 11.6 Å². The van der Waals surface area contributed by atoms with Gasteiger partial charge in [-0.05, 0) is 36.4 Å². The van der Waals surface area contributed by atoms with E-state index in [0.29, 0.717) is 17.7 Å². The number of Topliss-reactive ketones (excluding diaryl/α,β-unsaturated/α-hetero) is 1. The van der Waals surface area contributed by atoms with Gasteiger partial charge in [0.1, 0.15) is 5.82 Å². The number of carbonyl (C=O) groups excluding carboxylic acids is 1. The second-order valence-electron chi connectivity index (χ2n) is 4.75. The first-order chi connectivity index (χ1) is 10.2. The second-order valence-corrected chi connectivity index (χ2v) is 5.89. The van der Waals surface area contributed by atoms with Crippen molar-refractivity contribution in [2.75, 3.05) is 5.75 Å². The first kappa shape index (κ1) is 13.9. The summed E-state index contributed by atoms with van der Waals surface area (Å²) in [5.41, 5.74) is 1.67. The molecule has 2 aromatic carbocycles. The zero-order valence-corrected chi connectivity index (χ0v) is 12.1. The molecule has 0 aliphatic heterocycles. The van der Waals surface area contributed by atoms with Gasteiger partial charge in [-0.2, -0.15) is 0 Å². The van der Waals surface area contributed by atoms with Crippen LogP contribution >= 0.6 is 11.8 Å². The zero-order valence-electron chi connectivity index (χ0n) is 11.3. The minimum absolute atomic E-state index is 0.0404. The highest BCUT2D eigenvalue weighted by atomic mass is 32.2. The fourth-order valence-electron chi connectivity index (χ4n) is 2.16. The van der Waals surface area contributed by atoms with Crippen LogP contribution in [0.4, 0.5) is 4.39 Å². The third kappa shape index (κ3) is 3.34. The fraction of sp³-hybridized carbons (Fsp3) is 0.118. The van der Waals surface area contributed by atoms with E-state index in [1.54, 1.807) is 11.8 Å². The number of ketones is 1. The molecule has 4 heteroatoms. The van der Waals surface area contributed by atoms with Gasteiger partial charge in [0.05, 0.1) is 5.03 Å². The Morgan fingerprint density at radius 2 is 1.86 bits per heavy atom. The van der Waals surface area contributed by atoms with Crippen LogP contribution in [-0.2, 0) is 0 Å². The van der Waals surface area contributed by atoms with Crippen molar-refractivity contribution in [3.63, 3.8) is 0 Å². The lowest BCUT2D eigenvalue weighted by atomic mass is 10.1. The number of halogens is 1. The van der Waals surface area contributed by atoms with Crippen LogP contribution < -0.4 is 0 Å². The first-order valence-corrected chi connectivity index (χ1v) is 7.70. The van der Waals surface area contributed by atoms with E-state index in [0.717, 1.165) is 10.5 Å². The Balaban J connectivity index is 1.58. The summed E-state index contributed by atoms with van der Waals surface area (Å²) in [6.45, 7) is 0. The van der Waals surface area contributed by atoms with E-state index in [4.69, 9.17) is 0 Å². The van der Waals surface area contributed by atoms with Crippen molar-refractivity contribution in [3.8, 4) is 0 Å². The van der Waals surface area contributed by atoms with E-state index in [9.17, 15) is 9.18 Å². The van der Waals surface area contributed by atoms with Gasteiger partial charge in [0, 0.05) is 28.6 Å². The highest BCUT2D eigenvalue weighted by Gasteiger charge is 2.07. The van der Waals surface area contributed by atoms with Crippen LogP contribution in [0.2, 0.25) is 0 Å². The average Bonchev–Trinajstić information content (AvgIpc) is 2.90. The molecule has 0 saturated carbocycles. The highest BCUT2D eigenvalue weighted by molar-refractivity contribution is 7.99. The molecule has 2 nitrogen and oxygen atoms in total. The van der Waals surface area contributed by atoms with Crippen LogP contribution in [0.15, 0.2) is 59.6 Å². The fourth-order valence-corrected chi connectivity index (χ4v) is 3.06. The average molecular weight is 299 g/mol. The molecule has 1 heterocycles. The molecule has 0 amide bonds. The van der Waals surface area contributed by atoms with Gasteiger partial charge in [-0.25, -0.2) is 4.39 Å². The van der Waals surface area contributed by atoms with Crippen LogP contribution in [0.3, 0.4) is 0 Å². The summed E-state index contributed by atoms with van der Waals surface area (Å²) in [4.78, 5) is 15.3. The number of H-pyrrole nitrogens is 1. The van der Waals surface area contributed by atoms with Gasteiger partial charge < -0.3 is 4.98 Å². The molecule has 0 fully saturated rings. The Labute approximate surface area is 126 Å². The number of hydrogen-bond acceptors (Lipinski definition) is 2. The minimum Gasteiger partial charge on any atom is -0.350 e. The van der Waals surface area contributed by atoms with Crippen LogP contribution in [-0.4, -0.2) is 16.5 Å². The van der Waals surface area contributed by atoms with Crippen molar-refractivity contribution in [1.82, 2.24) is 4.98 Å². The molecule has 106 valence electrons. The molecule has 21 heavy (non-hydrogen) atoms. The molecule has 3 rings (SSSR count). The summed E-state index contributed by atoms with van der Waals surface area (Å²) in [6.07, 6.45) is 0.436. The molecule has 3 aromatic rings. The number of nitrogens with one attached hydrogen (secondary N) is 1. The van der Waals surface area contributed by atoms with Gasteiger partial charge in [0.15, 0.2) is 5.78 Å². The monoisotopic (exact) mass is 299 g/mol. The van der Waals surface area contributed by atoms with Crippen molar-refractivity contribution in [1.29, 1.82) is 0 Å². The summed E-state index contributed by atoms with van der Waals surface area (Å²) in [7, 11) is 0. The van der Waals surface area contributed by atoms with Crippen molar-refractivity contribution in [3.05, 3.63) is 66.0 Å². The van der Waals surface area contributed by atoms with E-state index < -0.39 is 0 Å². The third-order valence-corrected chi connectivity index (χ3v) is 4.20. The molecule has 0 spiro atoms. The lowest BCUT2D eigenvalue weighted by Crippen LogP contribution is -2.00. The molecule has 0 radical (unpaired) electrons. The predicted molar refractivity (Wildman–Crippen MR) is 84.4 cm³/mol. The zero-order chi connectivity index (χ0) is 14.7. The molecule has 1 aromatic heterocycles. The summed E-state index contributed by atoms with van der Waals surface area (Å²) in [6, 6.07) is 15.9. The van der Waals surface area contributed by atoms with E-state index in [1.807, 2.05) is 18.2 Å². The number of rotatable bonds is 5. The van der Waals surface area contributed by atoms with Crippen LogP contribution in [0.25, 0.3) is 10.9 Å². The lowest BCUT2D eigenvalue weighted by Gasteiger charge is -2.00. The Morgan fingerprint density at radius 3 is 2.62 bits per heavy atom. The molecule has 0 unspecified atom stereocenters. The number of para-hydroxylation sites is 1. The summed E-state index contributed by atoms with van der Waals surface area (Å²) >= 11 is 1.62. The standard InChI is InChI=1S/C17H14FNOS/c18-14-7-5-12(6-8-14)16(20)9-10-21-17-11-13-3-1-2-4-15(13)19-17/h1-8,11,19H,9-10H2. The Kier molecular flexibility index (Phi) is 4.06. The molecule has 0 aliphatic carbocycles. The largest absolute Gasteiger partial charge is 0.350 e. The van der Waals surface area contributed by atoms with Crippen molar-refractivity contribution in [2.45, 2.75) is 11.4 Å². The number of hydrogen-bond donors (Lipinski definition) is 1. The number of thioether (sulfide) groups is 1. The van der Waals surface area contributed by atoms with Gasteiger partial charge in [0.25, 0.3) is 0 Å². The second kappa shape index (κ2) is 6.14. The molecule has 0 bridgehead atoms. The van der Waals surface area contributed by atoms with Crippen LogP contribution in [0.5, 0.6) is 0 Å². The maximum Gasteiger partial charge on any atom is 0.163 e. The highest BCUT2D eigenvalue weighted by Crippen LogP contribution is 2.24. The minimum atomic E-state index is -0.320. The normalized spacial score (nSPS) is 10.9. The molecule has 0 atom stereocenters. The Morgan fingerprint density at radius 1 is 1.10 bits per heavy atom. The van der Waals surface area contributed by atoms with Crippen molar-refractivity contribution >= 4 is 28.4 Å². The first-order valence-electron chi connectivity index (χ1n) is 6.72. The quantitative estimate of drug-likeness (QED) is 0.548. The number of aromatic nitrogens is 1. The smallest absolute Gasteiger partial charge is 0.163 e. The maximum atomic E-state index is 12.8. The summed E-state index contributed by atoms with van der Waals surface area (Å²) < 4.78 is 12.8. The van der Waals surface area contributed by atoms with Gasteiger partial charge in [0.2, 0.25) is 0 Å². The van der Waals surface area contributed by atoms with Gasteiger partial charge in [-0.3, -0.25) is 4.79 Å². The number of benzene rings is 2. The summed E-state index contributed by atoms with van der Waals surface area (Å²) in [5.74, 6) is 0.417. The Hall–Kier alpha value is -2.07. The van der Waals surface area contributed by atoms with Crippen molar-refractivity contribution in [2.24, 2.45) is 0 Å². The van der Waals surface area contributed by atoms with Crippen molar-refractivity contribution < 1.29 is 9.18 Å². The molecular weight excluding hydrogens is 285 g/mol. The molecule has 0 aliphatic rings. The van der Waals surface area contributed by atoms with E-state index >= 15 is 0 Å². The number of carbonyl (C=O) groups is 1. The van der Waals surface area contributed by atoms with Crippen LogP contribution in [0.1, 0.15) is 16.8 Å². The van der Waals surface area contributed by atoms with Gasteiger partial charge in [-0.1, -0.05) is 18.2 Å². The maximum absolute atomic E-state index is 12.8. The Bertz CT molecular complexity index is 731. The van der Waals surface area contributed by atoms with Crippen LogP contribution in [0, 0.1) is 5.82 Å². The van der Waals surface area contributed by atoms with E-state index in [1.165, 1.54) is 29.7 Å². The third-order valence-electron chi connectivity index (χ3n) is 3.26.